The first-order chi connectivity index (χ1) is 9.86. The van der Waals surface area contributed by atoms with Gasteiger partial charge in [0.15, 0.2) is 0 Å². The van der Waals surface area contributed by atoms with Crippen LogP contribution in [-0.4, -0.2) is 37.9 Å². The van der Waals surface area contributed by atoms with Crippen LogP contribution in [0.4, 0.5) is 0 Å². The highest BCUT2D eigenvalue weighted by Crippen LogP contribution is 2.25. The predicted octanol–water partition coefficient (Wildman–Crippen LogP) is 2.67. The Balaban J connectivity index is 2.70. The lowest BCUT2D eigenvalue weighted by Gasteiger charge is -2.21. The van der Waals surface area contributed by atoms with Gasteiger partial charge in [-0.15, -0.1) is 0 Å². The first-order valence-electron chi connectivity index (χ1n) is 6.71. The maximum atomic E-state index is 11.1. The molecule has 0 aliphatic heterocycles. The third kappa shape index (κ3) is 6.03. The lowest BCUT2D eigenvalue weighted by atomic mass is 9.95. The Hall–Kier alpha value is -1.11. The fraction of sp³-hybridized carbons (Fsp3) is 0.533. The summed E-state index contributed by atoms with van der Waals surface area (Å²) < 4.78 is 11.6. The van der Waals surface area contributed by atoms with E-state index in [1.54, 1.807) is 21.0 Å². The second kappa shape index (κ2) is 8.36. The number of ether oxygens (including phenoxy) is 2. The number of carboxylic acids is 1. The summed E-state index contributed by atoms with van der Waals surface area (Å²) in [6.07, 6.45) is 0. The lowest BCUT2D eigenvalue weighted by molar-refractivity contribution is -0.148. The Labute approximate surface area is 133 Å². The standard InChI is InChI=1S/C15H22BrNO4/c1-15(2,14(18)19)10-21-13-5-4-12(16)8-11(13)9-17-6-7-20-3/h4-5,8,17H,6-7,9-10H2,1-3H3,(H,18,19). The molecule has 5 nitrogen and oxygen atoms in total. The number of nitrogens with one attached hydrogen (secondary N) is 1. The number of halogens is 1. The summed E-state index contributed by atoms with van der Waals surface area (Å²) in [4.78, 5) is 11.1. The zero-order valence-corrected chi connectivity index (χ0v) is 14.2. The number of hydrogen-bond donors (Lipinski definition) is 2. The third-order valence-corrected chi connectivity index (χ3v) is 3.48. The Morgan fingerprint density at radius 2 is 2.14 bits per heavy atom. The van der Waals surface area contributed by atoms with Gasteiger partial charge in [-0.25, -0.2) is 0 Å². The molecule has 0 aromatic heterocycles. The second-order valence-corrected chi connectivity index (χ2v) is 6.32. The molecule has 0 aliphatic carbocycles. The van der Waals surface area contributed by atoms with Crippen LogP contribution < -0.4 is 10.1 Å². The summed E-state index contributed by atoms with van der Waals surface area (Å²) in [6.45, 7) is 5.41. The van der Waals surface area contributed by atoms with Crippen molar-refractivity contribution in [2.24, 2.45) is 5.41 Å². The molecule has 0 radical (unpaired) electrons. The minimum absolute atomic E-state index is 0.120. The van der Waals surface area contributed by atoms with Crippen molar-refractivity contribution >= 4 is 21.9 Å². The number of carboxylic acid groups (broad SMARTS) is 1. The third-order valence-electron chi connectivity index (χ3n) is 2.99. The van der Waals surface area contributed by atoms with E-state index >= 15 is 0 Å². The van der Waals surface area contributed by atoms with Gasteiger partial charge in [0.25, 0.3) is 0 Å². The van der Waals surface area contributed by atoms with E-state index < -0.39 is 11.4 Å². The van der Waals surface area contributed by atoms with Crippen LogP contribution in [0.2, 0.25) is 0 Å². The van der Waals surface area contributed by atoms with Gasteiger partial charge in [-0.2, -0.15) is 0 Å². The van der Waals surface area contributed by atoms with E-state index in [0.717, 1.165) is 16.6 Å². The van der Waals surface area contributed by atoms with Crippen molar-refractivity contribution < 1.29 is 19.4 Å². The largest absolute Gasteiger partial charge is 0.492 e. The molecule has 0 aliphatic rings. The minimum Gasteiger partial charge on any atom is -0.492 e. The molecule has 1 aromatic carbocycles. The number of carbonyl (C=O) groups is 1. The zero-order valence-electron chi connectivity index (χ0n) is 12.6. The number of benzene rings is 1. The van der Waals surface area contributed by atoms with E-state index in [-0.39, 0.29) is 6.61 Å². The molecule has 0 atom stereocenters. The highest BCUT2D eigenvalue weighted by molar-refractivity contribution is 9.10. The molecule has 0 heterocycles. The molecule has 0 spiro atoms. The summed E-state index contributed by atoms with van der Waals surface area (Å²) in [5.74, 6) is -0.183. The number of methoxy groups -OCH3 is 1. The Kier molecular flexibility index (Phi) is 7.14. The Morgan fingerprint density at radius 1 is 1.43 bits per heavy atom. The van der Waals surface area contributed by atoms with Gasteiger partial charge in [0.1, 0.15) is 12.4 Å². The van der Waals surface area contributed by atoms with E-state index in [0.29, 0.717) is 18.9 Å². The molecule has 6 heteroatoms. The molecule has 2 N–H and O–H groups in total. The SMILES string of the molecule is COCCNCc1cc(Br)ccc1OCC(C)(C)C(=O)O. The topological polar surface area (TPSA) is 67.8 Å². The van der Waals surface area contributed by atoms with Crippen molar-refractivity contribution in [2.45, 2.75) is 20.4 Å². The molecule has 1 rings (SSSR count). The summed E-state index contributed by atoms with van der Waals surface area (Å²) in [5, 5.41) is 12.4. The maximum Gasteiger partial charge on any atom is 0.312 e. The summed E-state index contributed by atoms with van der Waals surface area (Å²) >= 11 is 3.43. The van der Waals surface area contributed by atoms with Crippen molar-refractivity contribution in [1.29, 1.82) is 0 Å². The van der Waals surface area contributed by atoms with Gasteiger partial charge in [-0.1, -0.05) is 15.9 Å². The van der Waals surface area contributed by atoms with Crippen molar-refractivity contribution in [3.05, 3.63) is 28.2 Å². The highest BCUT2D eigenvalue weighted by atomic mass is 79.9. The minimum atomic E-state index is -0.923. The molecule has 0 bridgehead atoms. The summed E-state index contributed by atoms with van der Waals surface area (Å²) in [6, 6.07) is 5.68. The van der Waals surface area contributed by atoms with Crippen LogP contribution in [0, 0.1) is 5.41 Å². The first kappa shape index (κ1) is 17.9. The molecule has 0 saturated heterocycles. The van der Waals surface area contributed by atoms with Crippen LogP contribution in [0.3, 0.4) is 0 Å². The molecular weight excluding hydrogens is 338 g/mol. The maximum absolute atomic E-state index is 11.1. The van der Waals surface area contributed by atoms with Gasteiger partial charge in [-0.05, 0) is 32.0 Å². The number of hydrogen-bond acceptors (Lipinski definition) is 4. The van der Waals surface area contributed by atoms with Crippen LogP contribution in [-0.2, 0) is 16.1 Å². The van der Waals surface area contributed by atoms with Gasteiger partial charge in [-0.3, -0.25) is 4.79 Å². The predicted molar refractivity (Wildman–Crippen MR) is 84.6 cm³/mol. The molecule has 21 heavy (non-hydrogen) atoms. The lowest BCUT2D eigenvalue weighted by Crippen LogP contribution is -2.31. The van der Waals surface area contributed by atoms with Gasteiger partial charge >= 0.3 is 5.97 Å². The van der Waals surface area contributed by atoms with E-state index in [9.17, 15) is 4.79 Å². The molecule has 0 fully saturated rings. The monoisotopic (exact) mass is 359 g/mol. The quantitative estimate of drug-likeness (QED) is 0.663. The molecular formula is C15H22BrNO4. The van der Waals surface area contributed by atoms with Crippen LogP contribution in [0.1, 0.15) is 19.4 Å². The van der Waals surface area contributed by atoms with Crippen molar-refractivity contribution in [3.8, 4) is 5.75 Å². The molecule has 1 aromatic rings. The van der Waals surface area contributed by atoms with E-state index in [2.05, 4.69) is 21.2 Å². The van der Waals surface area contributed by atoms with Crippen LogP contribution in [0.25, 0.3) is 0 Å². The van der Waals surface area contributed by atoms with E-state index in [4.69, 9.17) is 14.6 Å². The average Bonchev–Trinajstić information content (AvgIpc) is 2.42. The summed E-state index contributed by atoms with van der Waals surface area (Å²) in [5.41, 5.74) is 0.0510. The number of rotatable bonds is 9. The smallest absolute Gasteiger partial charge is 0.312 e. The zero-order chi connectivity index (χ0) is 15.9. The van der Waals surface area contributed by atoms with E-state index in [1.807, 2.05) is 18.2 Å². The Bertz CT molecular complexity index is 477. The fourth-order valence-electron chi connectivity index (χ4n) is 1.54. The fourth-order valence-corrected chi connectivity index (χ4v) is 1.95. The average molecular weight is 360 g/mol. The molecule has 0 unspecified atom stereocenters. The Morgan fingerprint density at radius 3 is 2.76 bits per heavy atom. The second-order valence-electron chi connectivity index (χ2n) is 5.40. The normalized spacial score (nSPS) is 11.4. The number of aliphatic carboxylic acids is 1. The molecule has 118 valence electrons. The highest BCUT2D eigenvalue weighted by Gasteiger charge is 2.28. The van der Waals surface area contributed by atoms with Crippen molar-refractivity contribution in [3.63, 3.8) is 0 Å². The van der Waals surface area contributed by atoms with Gasteiger partial charge in [0, 0.05) is 30.2 Å². The molecule has 0 saturated carbocycles. The summed E-state index contributed by atoms with van der Waals surface area (Å²) in [7, 11) is 1.66. The van der Waals surface area contributed by atoms with Crippen molar-refractivity contribution in [2.75, 3.05) is 26.9 Å². The molecule has 0 amide bonds. The van der Waals surface area contributed by atoms with Crippen LogP contribution in [0.15, 0.2) is 22.7 Å². The van der Waals surface area contributed by atoms with Gasteiger partial charge in [0.2, 0.25) is 0 Å². The van der Waals surface area contributed by atoms with Gasteiger partial charge in [0.05, 0.1) is 12.0 Å². The van der Waals surface area contributed by atoms with Gasteiger partial charge < -0.3 is 19.9 Å². The van der Waals surface area contributed by atoms with E-state index in [1.165, 1.54) is 0 Å². The van der Waals surface area contributed by atoms with Crippen molar-refractivity contribution in [1.82, 2.24) is 5.32 Å². The van der Waals surface area contributed by atoms with Crippen LogP contribution in [0.5, 0.6) is 5.75 Å². The van der Waals surface area contributed by atoms with Crippen LogP contribution >= 0.6 is 15.9 Å². The first-order valence-corrected chi connectivity index (χ1v) is 7.50.